The van der Waals surface area contributed by atoms with Gasteiger partial charge < -0.3 is 5.32 Å². The van der Waals surface area contributed by atoms with Crippen LogP contribution in [0.15, 0.2) is 29.3 Å². The van der Waals surface area contributed by atoms with Gasteiger partial charge in [-0.3, -0.25) is 9.48 Å². The highest BCUT2D eigenvalue weighted by Gasteiger charge is 2.13. The summed E-state index contributed by atoms with van der Waals surface area (Å²) in [5.41, 5.74) is 1.10. The molecule has 0 atom stereocenters. The molecular weight excluding hydrogens is 329 g/mol. The average molecular weight is 344 g/mol. The van der Waals surface area contributed by atoms with E-state index in [1.807, 2.05) is 19.2 Å². The summed E-state index contributed by atoms with van der Waals surface area (Å²) in [5.74, 6) is -0.238. The maximum Gasteiger partial charge on any atom is 0.253 e. The van der Waals surface area contributed by atoms with Crippen LogP contribution in [0.2, 0.25) is 10.0 Å². The summed E-state index contributed by atoms with van der Waals surface area (Å²) >= 11 is 13.7. The minimum atomic E-state index is -0.238. The summed E-state index contributed by atoms with van der Waals surface area (Å²) < 4.78 is 1.73. The fraction of sp³-hybridized carbons (Fsp3) is 0.286. The molecule has 1 heterocycles. The number of halogens is 2. The van der Waals surface area contributed by atoms with E-state index in [1.54, 1.807) is 34.8 Å². The summed E-state index contributed by atoms with van der Waals surface area (Å²) in [5, 5.41) is 8.04. The number of benzene rings is 1. The maximum atomic E-state index is 12.2. The Balaban J connectivity index is 2.09. The zero-order valence-electron chi connectivity index (χ0n) is 11.7. The van der Waals surface area contributed by atoms with Gasteiger partial charge in [-0.2, -0.15) is 5.10 Å². The number of hydrogen-bond donors (Lipinski definition) is 1. The number of hydrogen-bond acceptors (Lipinski definition) is 3. The molecule has 21 heavy (non-hydrogen) atoms. The van der Waals surface area contributed by atoms with Gasteiger partial charge in [0.05, 0.1) is 22.2 Å². The Morgan fingerprint density at radius 3 is 2.76 bits per heavy atom. The largest absolute Gasteiger partial charge is 0.346 e. The first kappa shape index (κ1) is 16.2. The summed E-state index contributed by atoms with van der Waals surface area (Å²) in [6, 6.07) is 5.37. The first-order valence-electron chi connectivity index (χ1n) is 6.38. The SMILES string of the molecule is CCn1cc(Cl)c(CNC(=O)c2cc(SC)ccc2Cl)n1. The summed E-state index contributed by atoms with van der Waals surface area (Å²) in [6.07, 6.45) is 3.69. The van der Waals surface area contributed by atoms with Crippen LogP contribution in [0.3, 0.4) is 0 Å². The van der Waals surface area contributed by atoms with Gasteiger partial charge in [0.2, 0.25) is 0 Å². The molecule has 1 amide bonds. The van der Waals surface area contributed by atoms with Crippen molar-refractivity contribution in [2.45, 2.75) is 24.9 Å². The highest BCUT2D eigenvalue weighted by atomic mass is 35.5. The molecule has 112 valence electrons. The van der Waals surface area contributed by atoms with Crippen molar-refractivity contribution in [2.75, 3.05) is 6.26 Å². The van der Waals surface area contributed by atoms with E-state index in [-0.39, 0.29) is 12.5 Å². The van der Waals surface area contributed by atoms with Crippen LogP contribution in [0.5, 0.6) is 0 Å². The Bertz CT molecular complexity index is 658. The summed E-state index contributed by atoms with van der Waals surface area (Å²) in [6.45, 7) is 2.97. The summed E-state index contributed by atoms with van der Waals surface area (Å²) in [7, 11) is 0. The van der Waals surface area contributed by atoms with Crippen LogP contribution < -0.4 is 5.32 Å². The molecule has 1 aromatic carbocycles. The second-order valence-corrected chi connectivity index (χ2v) is 6.00. The monoisotopic (exact) mass is 343 g/mol. The molecule has 0 saturated carbocycles. The molecule has 0 spiro atoms. The molecule has 1 aromatic heterocycles. The maximum absolute atomic E-state index is 12.2. The van der Waals surface area contributed by atoms with Gasteiger partial charge in [0.25, 0.3) is 5.91 Å². The molecule has 2 aromatic rings. The molecule has 0 saturated heterocycles. The van der Waals surface area contributed by atoms with Crippen molar-refractivity contribution in [3.63, 3.8) is 0 Å². The molecule has 7 heteroatoms. The van der Waals surface area contributed by atoms with Gasteiger partial charge in [-0.1, -0.05) is 23.2 Å². The van der Waals surface area contributed by atoms with Gasteiger partial charge in [0.15, 0.2) is 0 Å². The Labute approximate surface area is 137 Å². The van der Waals surface area contributed by atoms with E-state index >= 15 is 0 Å². The smallest absolute Gasteiger partial charge is 0.253 e. The second kappa shape index (κ2) is 7.20. The van der Waals surface area contributed by atoms with Crippen molar-refractivity contribution >= 4 is 40.9 Å². The molecular formula is C14H15Cl2N3OS. The van der Waals surface area contributed by atoms with Crippen molar-refractivity contribution in [2.24, 2.45) is 0 Å². The van der Waals surface area contributed by atoms with Gasteiger partial charge in [-0.15, -0.1) is 11.8 Å². The molecule has 0 fully saturated rings. The lowest BCUT2D eigenvalue weighted by atomic mass is 10.2. The molecule has 0 aliphatic heterocycles. The number of carbonyl (C=O) groups is 1. The lowest BCUT2D eigenvalue weighted by Gasteiger charge is -2.07. The zero-order valence-corrected chi connectivity index (χ0v) is 14.0. The van der Waals surface area contributed by atoms with Crippen LogP contribution in [0.25, 0.3) is 0 Å². The third kappa shape index (κ3) is 3.93. The van der Waals surface area contributed by atoms with Gasteiger partial charge in [0.1, 0.15) is 5.69 Å². The predicted octanol–water partition coefficient (Wildman–Crippen LogP) is 3.86. The number of aryl methyl sites for hydroxylation is 1. The molecule has 0 bridgehead atoms. The van der Waals surface area contributed by atoms with E-state index in [9.17, 15) is 4.79 Å². The van der Waals surface area contributed by atoms with E-state index in [0.29, 0.717) is 21.3 Å². The van der Waals surface area contributed by atoms with Crippen LogP contribution in [0.1, 0.15) is 23.0 Å². The molecule has 0 unspecified atom stereocenters. The molecule has 0 aliphatic rings. The minimum absolute atomic E-state index is 0.238. The van der Waals surface area contributed by atoms with Crippen molar-refractivity contribution in [3.8, 4) is 0 Å². The highest BCUT2D eigenvalue weighted by molar-refractivity contribution is 7.98. The van der Waals surface area contributed by atoms with E-state index in [0.717, 1.165) is 11.4 Å². The van der Waals surface area contributed by atoms with Crippen LogP contribution in [0.4, 0.5) is 0 Å². The van der Waals surface area contributed by atoms with E-state index in [1.165, 1.54) is 0 Å². The number of rotatable bonds is 5. The average Bonchev–Trinajstić information content (AvgIpc) is 2.85. The van der Waals surface area contributed by atoms with Gasteiger partial charge in [-0.25, -0.2) is 0 Å². The van der Waals surface area contributed by atoms with E-state index in [4.69, 9.17) is 23.2 Å². The lowest BCUT2D eigenvalue weighted by molar-refractivity contribution is 0.0950. The third-order valence-electron chi connectivity index (χ3n) is 2.95. The van der Waals surface area contributed by atoms with Gasteiger partial charge in [0, 0.05) is 17.6 Å². The number of amides is 1. The second-order valence-electron chi connectivity index (χ2n) is 4.31. The van der Waals surface area contributed by atoms with Crippen molar-refractivity contribution < 1.29 is 4.79 Å². The first-order valence-corrected chi connectivity index (χ1v) is 8.36. The molecule has 0 radical (unpaired) electrons. The topological polar surface area (TPSA) is 46.9 Å². The fourth-order valence-electron chi connectivity index (χ4n) is 1.78. The van der Waals surface area contributed by atoms with Gasteiger partial charge >= 0.3 is 0 Å². The third-order valence-corrected chi connectivity index (χ3v) is 4.32. The van der Waals surface area contributed by atoms with Crippen molar-refractivity contribution in [3.05, 3.63) is 45.7 Å². The van der Waals surface area contributed by atoms with Crippen molar-refractivity contribution in [1.82, 2.24) is 15.1 Å². The van der Waals surface area contributed by atoms with E-state index < -0.39 is 0 Å². The predicted molar refractivity (Wildman–Crippen MR) is 87.3 cm³/mol. The number of aromatic nitrogens is 2. The molecule has 0 aliphatic carbocycles. The Kier molecular flexibility index (Phi) is 5.56. The van der Waals surface area contributed by atoms with Crippen molar-refractivity contribution in [1.29, 1.82) is 0 Å². The van der Waals surface area contributed by atoms with Gasteiger partial charge in [-0.05, 0) is 31.4 Å². The number of nitrogens with one attached hydrogen (secondary N) is 1. The van der Waals surface area contributed by atoms with E-state index in [2.05, 4.69) is 10.4 Å². The highest BCUT2D eigenvalue weighted by Crippen LogP contribution is 2.23. The summed E-state index contributed by atoms with van der Waals surface area (Å²) in [4.78, 5) is 13.2. The van der Waals surface area contributed by atoms with Crippen LogP contribution in [0, 0.1) is 0 Å². The normalized spacial score (nSPS) is 10.7. The Morgan fingerprint density at radius 2 is 2.14 bits per heavy atom. The standard InChI is InChI=1S/C14H15Cl2N3OS/c1-3-19-8-12(16)13(18-19)7-17-14(20)10-6-9(21-2)4-5-11(10)15/h4-6,8H,3,7H2,1-2H3,(H,17,20). The number of thioether (sulfide) groups is 1. The van der Waals surface area contributed by atoms with Crippen LogP contribution in [-0.4, -0.2) is 21.9 Å². The number of carbonyl (C=O) groups excluding carboxylic acids is 1. The Hall–Kier alpha value is -1.17. The first-order chi connectivity index (χ1) is 10.0. The molecule has 4 nitrogen and oxygen atoms in total. The molecule has 1 N–H and O–H groups in total. The molecule has 2 rings (SSSR count). The number of nitrogens with zero attached hydrogens (tertiary/aromatic N) is 2. The Morgan fingerprint density at radius 1 is 1.38 bits per heavy atom. The lowest BCUT2D eigenvalue weighted by Crippen LogP contribution is -2.23. The zero-order chi connectivity index (χ0) is 15.4. The van der Waals surface area contributed by atoms with Crippen LogP contribution in [-0.2, 0) is 13.1 Å². The quantitative estimate of drug-likeness (QED) is 0.838. The fourth-order valence-corrected chi connectivity index (χ4v) is 2.64. The minimum Gasteiger partial charge on any atom is -0.346 e. The van der Waals surface area contributed by atoms with Crippen LogP contribution >= 0.6 is 35.0 Å².